The summed E-state index contributed by atoms with van der Waals surface area (Å²) in [5.41, 5.74) is 4.20. The predicted octanol–water partition coefficient (Wildman–Crippen LogP) is 3.86. The number of hydrogen-bond acceptors (Lipinski definition) is 4. The summed E-state index contributed by atoms with van der Waals surface area (Å²) >= 11 is 0. The standard InChI is InChI=1S/C26H32N4O2/c1-29-23-12-11-19(16-21(23)25(28-29)26(31)30-14-6-3-7-15-30)27-17-22-20-9-5-4-8-18(20)10-13-24(22)32-2/h4-5,8-10,13,19,27H,3,6-7,11-12,14-17H2,1-2H3/t19-/m1/s1. The first kappa shape index (κ1) is 21.0. The molecular weight excluding hydrogens is 400 g/mol. The van der Waals surface area contributed by atoms with Crippen molar-refractivity contribution in [2.45, 2.75) is 51.1 Å². The Hall–Kier alpha value is -2.86. The van der Waals surface area contributed by atoms with E-state index in [1.54, 1.807) is 7.11 Å². The number of nitrogens with one attached hydrogen (secondary N) is 1. The van der Waals surface area contributed by atoms with E-state index >= 15 is 0 Å². The van der Waals surface area contributed by atoms with Crippen LogP contribution in [0, 0.1) is 0 Å². The monoisotopic (exact) mass is 432 g/mol. The maximum atomic E-state index is 13.2. The Balaban J connectivity index is 1.35. The third kappa shape index (κ3) is 3.88. The van der Waals surface area contributed by atoms with Crippen molar-refractivity contribution in [1.82, 2.24) is 20.0 Å². The van der Waals surface area contributed by atoms with Gasteiger partial charge in [-0.15, -0.1) is 0 Å². The van der Waals surface area contributed by atoms with Crippen LogP contribution in [0.2, 0.25) is 0 Å². The predicted molar refractivity (Wildman–Crippen MR) is 126 cm³/mol. The molecule has 0 unspecified atom stereocenters. The molecule has 3 aromatic rings. The van der Waals surface area contributed by atoms with Gasteiger partial charge in [-0.3, -0.25) is 9.48 Å². The third-order valence-electron chi connectivity index (χ3n) is 7.09. The fourth-order valence-electron chi connectivity index (χ4n) is 5.32. The van der Waals surface area contributed by atoms with Gasteiger partial charge in [0.05, 0.1) is 7.11 Å². The molecule has 1 aromatic heterocycles. The summed E-state index contributed by atoms with van der Waals surface area (Å²) in [5.74, 6) is 1.02. The van der Waals surface area contributed by atoms with Gasteiger partial charge in [0.15, 0.2) is 5.69 Å². The van der Waals surface area contributed by atoms with Gasteiger partial charge in [0, 0.05) is 49.5 Å². The number of carbonyl (C=O) groups excluding carboxylic acids is 1. The number of piperidine rings is 1. The molecule has 0 saturated carbocycles. The SMILES string of the molecule is COc1ccc2ccccc2c1CN[C@@H]1CCc2c(c(C(=O)N3CCCCC3)nn2C)C1. The second-order valence-corrected chi connectivity index (χ2v) is 9.04. The van der Waals surface area contributed by atoms with Crippen molar-refractivity contribution in [3.63, 3.8) is 0 Å². The third-order valence-corrected chi connectivity index (χ3v) is 7.09. The number of nitrogens with zero attached hydrogens (tertiary/aromatic N) is 3. The van der Waals surface area contributed by atoms with E-state index in [0.717, 1.165) is 63.1 Å². The minimum Gasteiger partial charge on any atom is -0.496 e. The molecule has 0 radical (unpaired) electrons. The zero-order chi connectivity index (χ0) is 22.1. The molecule has 6 nitrogen and oxygen atoms in total. The molecule has 0 bridgehead atoms. The van der Waals surface area contributed by atoms with E-state index < -0.39 is 0 Å². The average molecular weight is 433 g/mol. The van der Waals surface area contributed by atoms with E-state index in [1.807, 2.05) is 16.6 Å². The van der Waals surface area contributed by atoms with Crippen molar-refractivity contribution in [3.8, 4) is 5.75 Å². The minimum atomic E-state index is 0.109. The van der Waals surface area contributed by atoms with Crippen LogP contribution in [0.3, 0.4) is 0 Å². The molecule has 1 saturated heterocycles. The maximum absolute atomic E-state index is 13.2. The first-order valence-electron chi connectivity index (χ1n) is 11.8. The van der Waals surface area contributed by atoms with Crippen LogP contribution in [0.5, 0.6) is 5.75 Å². The lowest BCUT2D eigenvalue weighted by Crippen LogP contribution is -2.38. The van der Waals surface area contributed by atoms with Crippen molar-refractivity contribution in [3.05, 3.63) is 58.9 Å². The molecular formula is C26H32N4O2. The van der Waals surface area contributed by atoms with Crippen LogP contribution in [0.25, 0.3) is 10.8 Å². The zero-order valence-corrected chi connectivity index (χ0v) is 19.1. The molecule has 6 heteroatoms. The van der Waals surface area contributed by atoms with Crippen LogP contribution in [-0.4, -0.2) is 46.8 Å². The van der Waals surface area contributed by atoms with E-state index in [-0.39, 0.29) is 5.91 Å². The highest BCUT2D eigenvalue weighted by atomic mass is 16.5. The number of rotatable bonds is 5. The number of amides is 1. The number of hydrogen-bond donors (Lipinski definition) is 1. The number of ether oxygens (including phenoxy) is 1. The molecule has 1 atom stereocenters. The first-order valence-corrected chi connectivity index (χ1v) is 11.8. The van der Waals surface area contributed by atoms with Gasteiger partial charge in [-0.05, 0) is 55.4 Å². The fourth-order valence-corrected chi connectivity index (χ4v) is 5.32. The molecule has 32 heavy (non-hydrogen) atoms. The van der Waals surface area contributed by atoms with Crippen LogP contribution in [-0.2, 0) is 26.4 Å². The van der Waals surface area contributed by atoms with Gasteiger partial charge >= 0.3 is 0 Å². The Kier molecular flexibility index (Phi) is 5.87. The number of aryl methyl sites for hydroxylation is 1. The van der Waals surface area contributed by atoms with E-state index in [0.29, 0.717) is 11.7 Å². The van der Waals surface area contributed by atoms with Gasteiger partial charge in [-0.1, -0.05) is 30.3 Å². The lowest BCUT2D eigenvalue weighted by atomic mass is 9.90. The number of benzene rings is 2. The van der Waals surface area contributed by atoms with E-state index in [1.165, 1.54) is 28.5 Å². The molecule has 1 N–H and O–H groups in total. The Labute approximate surface area is 189 Å². The number of methoxy groups -OCH3 is 1. The topological polar surface area (TPSA) is 59.4 Å². The van der Waals surface area contributed by atoms with Gasteiger partial charge in [-0.25, -0.2) is 0 Å². The van der Waals surface area contributed by atoms with Crippen molar-refractivity contribution in [2.75, 3.05) is 20.2 Å². The Morgan fingerprint density at radius 3 is 2.78 bits per heavy atom. The summed E-state index contributed by atoms with van der Waals surface area (Å²) in [6.45, 7) is 2.44. The summed E-state index contributed by atoms with van der Waals surface area (Å²) in [5, 5.41) is 10.9. The smallest absolute Gasteiger partial charge is 0.274 e. The highest BCUT2D eigenvalue weighted by Crippen LogP contribution is 2.30. The van der Waals surface area contributed by atoms with Gasteiger partial charge in [0.2, 0.25) is 0 Å². The van der Waals surface area contributed by atoms with Crippen LogP contribution >= 0.6 is 0 Å². The highest BCUT2D eigenvalue weighted by Gasteiger charge is 2.31. The minimum absolute atomic E-state index is 0.109. The van der Waals surface area contributed by atoms with Gasteiger partial charge < -0.3 is 15.0 Å². The Morgan fingerprint density at radius 2 is 1.97 bits per heavy atom. The van der Waals surface area contributed by atoms with Gasteiger partial charge in [0.1, 0.15) is 5.75 Å². The van der Waals surface area contributed by atoms with Crippen LogP contribution in [0.15, 0.2) is 36.4 Å². The molecule has 5 rings (SSSR count). The van der Waals surface area contributed by atoms with Crippen molar-refractivity contribution < 1.29 is 9.53 Å². The summed E-state index contributed by atoms with van der Waals surface area (Å²) < 4.78 is 7.59. The molecule has 1 aliphatic carbocycles. The molecule has 2 aliphatic rings. The summed E-state index contributed by atoms with van der Waals surface area (Å²) in [6.07, 6.45) is 6.22. The molecule has 0 spiro atoms. The summed E-state index contributed by atoms with van der Waals surface area (Å²) in [7, 11) is 3.70. The molecule has 2 heterocycles. The zero-order valence-electron chi connectivity index (χ0n) is 19.1. The second-order valence-electron chi connectivity index (χ2n) is 9.04. The lowest BCUT2D eigenvalue weighted by Gasteiger charge is -2.28. The number of carbonyl (C=O) groups is 1. The quantitative estimate of drug-likeness (QED) is 0.665. The van der Waals surface area contributed by atoms with Crippen molar-refractivity contribution in [2.24, 2.45) is 7.05 Å². The molecule has 1 fully saturated rings. The van der Waals surface area contributed by atoms with Crippen LogP contribution < -0.4 is 10.1 Å². The average Bonchev–Trinajstić information content (AvgIpc) is 3.18. The number of fused-ring (bicyclic) bond motifs is 2. The Morgan fingerprint density at radius 1 is 1.16 bits per heavy atom. The van der Waals surface area contributed by atoms with Crippen LogP contribution in [0.1, 0.15) is 53.0 Å². The molecule has 168 valence electrons. The first-order chi connectivity index (χ1) is 15.7. The number of aromatic nitrogens is 2. The Bertz CT molecular complexity index is 1130. The largest absolute Gasteiger partial charge is 0.496 e. The van der Waals surface area contributed by atoms with Crippen molar-refractivity contribution in [1.29, 1.82) is 0 Å². The van der Waals surface area contributed by atoms with Crippen LogP contribution in [0.4, 0.5) is 0 Å². The molecule has 2 aromatic carbocycles. The highest BCUT2D eigenvalue weighted by molar-refractivity contribution is 5.94. The normalized spacial score (nSPS) is 18.6. The van der Waals surface area contributed by atoms with E-state index in [9.17, 15) is 4.79 Å². The lowest BCUT2D eigenvalue weighted by molar-refractivity contribution is 0.0716. The van der Waals surface area contributed by atoms with Gasteiger partial charge in [-0.2, -0.15) is 5.10 Å². The molecule has 1 aliphatic heterocycles. The molecule has 1 amide bonds. The maximum Gasteiger partial charge on any atom is 0.274 e. The van der Waals surface area contributed by atoms with E-state index in [4.69, 9.17) is 4.74 Å². The summed E-state index contributed by atoms with van der Waals surface area (Å²) in [4.78, 5) is 15.2. The summed E-state index contributed by atoms with van der Waals surface area (Å²) in [6, 6.07) is 12.9. The van der Waals surface area contributed by atoms with E-state index in [2.05, 4.69) is 46.8 Å². The number of likely N-dealkylation sites (tertiary alicyclic amines) is 1. The second kappa shape index (κ2) is 8.94. The van der Waals surface area contributed by atoms with Crippen molar-refractivity contribution >= 4 is 16.7 Å². The van der Waals surface area contributed by atoms with Gasteiger partial charge in [0.25, 0.3) is 5.91 Å². The fraction of sp³-hybridized carbons (Fsp3) is 0.462.